The van der Waals surface area contributed by atoms with Crippen LogP contribution in [0.4, 0.5) is 10.5 Å². The normalized spacial score (nSPS) is 18.9. The summed E-state index contributed by atoms with van der Waals surface area (Å²) in [5, 5.41) is 6.85. The van der Waals surface area contributed by atoms with Gasteiger partial charge in [-0.25, -0.2) is 4.79 Å². The maximum atomic E-state index is 11.6. The van der Waals surface area contributed by atoms with E-state index in [1.807, 2.05) is 0 Å². The maximum Gasteiger partial charge on any atom is 0.411 e. The fraction of sp³-hybridized carbons (Fsp3) is 0.462. The summed E-state index contributed by atoms with van der Waals surface area (Å²) in [5.41, 5.74) is 0.527. The van der Waals surface area contributed by atoms with Crippen LogP contribution >= 0.6 is 23.2 Å². The monoisotopic (exact) mass is 302 g/mol. The Labute approximate surface area is 122 Å². The van der Waals surface area contributed by atoms with Crippen molar-refractivity contribution in [1.82, 2.24) is 5.32 Å². The first-order valence-corrected chi connectivity index (χ1v) is 7.02. The van der Waals surface area contributed by atoms with Crippen molar-refractivity contribution < 1.29 is 9.53 Å². The summed E-state index contributed by atoms with van der Waals surface area (Å²) in [7, 11) is 0. The lowest BCUT2D eigenvalue weighted by molar-refractivity contribution is 0.141. The van der Waals surface area contributed by atoms with Gasteiger partial charge in [-0.3, -0.25) is 5.32 Å². The van der Waals surface area contributed by atoms with E-state index in [1.54, 1.807) is 18.2 Å². The molecule has 1 atom stereocenters. The molecule has 1 amide bonds. The highest BCUT2D eigenvalue weighted by molar-refractivity contribution is 6.35. The number of anilines is 1. The van der Waals surface area contributed by atoms with Crippen molar-refractivity contribution in [1.29, 1.82) is 0 Å². The molecule has 6 heteroatoms. The van der Waals surface area contributed by atoms with Crippen molar-refractivity contribution in [2.45, 2.75) is 25.3 Å². The molecule has 1 fully saturated rings. The summed E-state index contributed by atoms with van der Waals surface area (Å²) < 4.78 is 5.17. The number of ether oxygens (including phenoxy) is 1. The van der Waals surface area contributed by atoms with Gasteiger partial charge in [-0.1, -0.05) is 29.6 Å². The number of hydrogen-bond acceptors (Lipinski definition) is 3. The molecule has 0 aliphatic carbocycles. The quantitative estimate of drug-likeness (QED) is 0.895. The summed E-state index contributed by atoms with van der Waals surface area (Å²) in [6.07, 6.45) is 2.90. The van der Waals surface area contributed by atoms with Crippen LogP contribution in [0, 0.1) is 0 Å². The van der Waals surface area contributed by atoms with Crippen molar-refractivity contribution in [3.63, 3.8) is 0 Å². The second-order valence-electron chi connectivity index (χ2n) is 4.53. The number of carbonyl (C=O) groups is 1. The molecular weight excluding hydrogens is 287 g/mol. The van der Waals surface area contributed by atoms with Crippen LogP contribution in [0.15, 0.2) is 18.2 Å². The van der Waals surface area contributed by atoms with E-state index in [4.69, 9.17) is 27.9 Å². The van der Waals surface area contributed by atoms with Gasteiger partial charge in [0.15, 0.2) is 0 Å². The smallest absolute Gasteiger partial charge is 0.411 e. The molecule has 104 valence electrons. The van der Waals surface area contributed by atoms with Crippen LogP contribution in [0.2, 0.25) is 10.0 Å². The topological polar surface area (TPSA) is 50.4 Å². The number of hydrogen-bond donors (Lipinski definition) is 2. The van der Waals surface area contributed by atoms with Gasteiger partial charge in [-0.2, -0.15) is 0 Å². The zero-order valence-corrected chi connectivity index (χ0v) is 11.9. The molecule has 1 heterocycles. The Morgan fingerprint density at radius 3 is 2.68 bits per heavy atom. The lowest BCUT2D eigenvalue weighted by Crippen LogP contribution is -2.38. The van der Waals surface area contributed by atoms with Gasteiger partial charge in [0.25, 0.3) is 0 Å². The number of piperidine rings is 1. The number of carbonyl (C=O) groups excluding carboxylic acids is 1. The third-order valence-corrected chi connectivity index (χ3v) is 3.37. The molecule has 0 saturated carbocycles. The molecule has 0 aromatic heterocycles. The molecule has 1 saturated heterocycles. The minimum Gasteiger partial charge on any atom is -0.448 e. The number of halogens is 2. The molecule has 1 aliphatic heterocycles. The first kappa shape index (κ1) is 14.4. The summed E-state index contributed by atoms with van der Waals surface area (Å²) in [6.45, 7) is 1.36. The molecule has 0 radical (unpaired) electrons. The fourth-order valence-electron chi connectivity index (χ4n) is 2.02. The summed E-state index contributed by atoms with van der Waals surface area (Å²) >= 11 is 11.7. The van der Waals surface area contributed by atoms with Gasteiger partial charge in [-0.15, -0.1) is 0 Å². The van der Waals surface area contributed by atoms with Gasteiger partial charge in [0, 0.05) is 21.8 Å². The molecule has 1 aromatic carbocycles. The average molecular weight is 303 g/mol. The SMILES string of the molecule is O=C(Nc1cc(Cl)cc(Cl)c1)OCC1CCCCN1. The third-order valence-electron chi connectivity index (χ3n) is 2.94. The number of benzene rings is 1. The predicted molar refractivity (Wildman–Crippen MR) is 77.1 cm³/mol. The highest BCUT2D eigenvalue weighted by Crippen LogP contribution is 2.22. The Morgan fingerprint density at radius 2 is 2.05 bits per heavy atom. The van der Waals surface area contributed by atoms with E-state index in [1.165, 1.54) is 12.8 Å². The van der Waals surface area contributed by atoms with E-state index in [0.29, 0.717) is 22.3 Å². The van der Waals surface area contributed by atoms with Crippen LogP contribution in [-0.2, 0) is 4.74 Å². The first-order chi connectivity index (χ1) is 9.13. The standard InChI is InChI=1S/C13H16Cl2N2O2/c14-9-5-10(15)7-12(6-9)17-13(18)19-8-11-3-1-2-4-16-11/h5-7,11,16H,1-4,8H2,(H,17,18). The van der Waals surface area contributed by atoms with Crippen LogP contribution in [0.25, 0.3) is 0 Å². The Bertz CT molecular complexity index is 428. The second-order valence-corrected chi connectivity index (χ2v) is 5.40. The molecule has 2 N–H and O–H groups in total. The molecule has 4 nitrogen and oxygen atoms in total. The van der Waals surface area contributed by atoms with Crippen LogP contribution in [-0.4, -0.2) is 25.3 Å². The van der Waals surface area contributed by atoms with E-state index in [0.717, 1.165) is 13.0 Å². The minimum absolute atomic E-state index is 0.252. The lowest BCUT2D eigenvalue weighted by Gasteiger charge is -2.22. The van der Waals surface area contributed by atoms with Gasteiger partial charge in [0.2, 0.25) is 0 Å². The average Bonchev–Trinajstić information content (AvgIpc) is 2.36. The van der Waals surface area contributed by atoms with Gasteiger partial charge in [-0.05, 0) is 37.6 Å². The van der Waals surface area contributed by atoms with E-state index >= 15 is 0 Å². The molecule has 1 unspecified atom stereocenters. The fourth-order valence-corrected chi connectivity index (χ4v) is 2.55. The van der Waals surface area contributed by atoms with Crippen molar-refractivity contribution in [3.05, 3.63) is 28.2 Å². The summed E-state index contributed by atoms with van der Waals surface area (Å²) in [5.74, 6) is 0. The second kappa shape index (κ2) is 6.98. The maximum absolute atomic E-state index is 11.6. The number of amides is 1. The third kappa shape index (κ3) is 4.90. The van der Waals surface area contributed by atoms with Gasteiger partial charge >= 0.3 is 6.09 Å². The van der Waals surface area contributed by atoms with Crippen molar-refractivity contribution >= 4 is 35.0 Å². The summed E-state index contributed by atoms with van der Waals surface area (Å²) in [6, 6.07) is 5.09. The zero-order valence-electron chi connectivity index (χ0n) is 10.4. The Hall–Kier alpha value is -0.970. The van der Waals surface area contributed by atoms with Crippen LogP contribution < -0.4 is 10.6 Å². The predicted octanol–water partition coefficient (Wildman–Crippen LogP) is 3.68. The first-order valence-electron chi connectivity index (χ1n) is 6.27. The molecule has 0 bridgehead atoms. The Balaban J connectivity index is 1.80. The molecule has 19 heavy (non-hydrogen) atoms. The Morgan fingerprint density at radius 1 is 1.32 bits per heavy atom. The van der Waals surface area contributed by atoms with Crippen molar-refractivity contribution in [3.8, 4) is 0 Å². The Kier molecular flexibility index (Phi) is 5.31. The van der Waals surface area contributed by atoms with Gasteiger partial charge in [0.1, 0.15) is 6.61 Å². The van der Waals surface area contributed by atoms with Crippen LogP contribution in [0.5, 0.6) is 0 Å². The highest BCUT2D eigenvalue weighted by atomic mass is 35.5. The van der Waals surface area contributed by atoms with Gasteiger partial charge < -0.3 is 10.1 Å². The van der Waals surface area contributed by atoms with E-state index < -0.39 is 6.09 Å². The zero-order chi connectivity index (χ0) is 13.7. The molecule has 2 rings (SSSR count). The van der Waals surface area contributed by atoms with E-state index in [-0.39, 0.29) is 6.04 Å². The number of nitrogens with one attached hydrogen (secondary N) is 2. The van der Waals surface area contributed by atoms with Crippen molar-refractivity contribution in [2.75, 3.05) is 18.5 Å². The lowest BCUT2D eigenvalue weighted by atomic mass is 10.1. The van der Waals surface area contributed by atoms with E-state index in [2.05, 4.69) is 10.6 Å². The molecule has 1 aromatic rings. The minimum atomic E-state index is -0.495. The largest absolute Gasteiger partial charge is 0.448 e. The molecule has 1 aliphatic rings. The van der Waals surface area contributed by atoms with Crippen molar-refractivity contribution in [2.24, 2.45) is 0 Å². The van der Waals surface area contributed by atoms with Gasteiger partial charge in [0.05, 0.1) is 0 Å². The van der Waals surface area contributed by atoms with E-state index in [9.17, 15) is 4.79 Å². The highest BCUT2D eigenvalue weighted by Gasteiger charge is 2.14. The number of rotatable bonds is 3. The van der Waals surface area contributed by atoms with Crippen LogP contribution in [0.1, 0.15) is 19.3 Å². The molecular formula is C13H16Cl2N2O2. The summed E-state index contributed by atoms with van der Waals surface area (Å²) in [4.78, 5) is 11.6. The molecule has 0 spiro atoms. The van der Waals surface area contributed by atoms with Crippen LogP contribution in [0.3, 0.4) is 0 Å².